The van der Waals surface area contributed by atoms with E-state index in [9.17, 15) is 0 Å². The first-order valence-corrected chi connectivity index (χ1v) is 6.91. The van der Waals surface area contributed by atoms with Crippen molar-refractivity contribution in [1.29, 1.82) is 0 Å². The smallest absolute Gasteiger partial charge is 0.225 e. The highest BCUT2D eigenvalue weighted by molar-refractivity contribution is 5.85. The molecule has 4 nitrogen and oxygen atoms in total. The molecule has 0 bridgehead atoms. The van der Waals surface area contributed by atoms with Crippen LogP contribution < -0.4 is 10.6 Å². The van der Waals surface area contributed by atoms with E-state index in [0.29, 0.717) is 6.04 Å². The lowest BCUT2D eigenvalue weighted by Crippen LogP contribution is -2.34. The number of aryl methyl sites for hydroxylation is 1. The molecule has 0 radical (unpaired) electrons. The predicted molar refractivity (Wildman–Crippen MR) is 81.9 cm³/mol. The van der Waals surface area contributed by atoms with Crippen LogP contribution in [0.5, 0.6) is 0 Å². The molecular weight excluding hydrogens is 260 g/mol. The van der Waals surface area contributed by atoms with Crippen LogP contribution in [0.25, 0.3) is 0 Å². The lowest BCUT2D eigenvalue weighted by molar-refractivity contribution is 0.424. The Kier molecular flexibility index (Phi) is 6.01. The summed E-state index contributed by atoms with van der Waals surface area (Å²) in [5.74, 6) is 0.837. The summed E-state index contributed by atoms with van der Waals surface area (Å²) in [6.07, 6.45) is 8.41. The first-order valence-electron chi connectivity index (χ1n) is 6.91. The van der Waals surface area contributed by atoms with Gasteiger partial charge in [-0.2, -0.15) is 0 Å². The molecule has 0 spiro atoms. The van der Waals surface area contributed by atoms with Crippen molar-refractivity contribution in [2.45, 2.75) is 58.0 Å². The van der Waals surface area contributed by atoms with Crippen LogP contribution in [0.15, 0.2) is 6.20 Å². The second-order valence-electron chi connectivity index (χ2n) is 5.40. The van der Waals surface area contributed by atoms with Crippen molar-refractivity contribution in [2.24, 2.45) is 5.73 Å². The fourth-order valence-corrected chi connectivity index (χ4v) is 2.71. The third-order valence-corrected chi connectivity index (χ3v) is 3.93. The van der Waals surface area contributed by atoms with Crippen LogP contribution >= 0.6 is 12.4 Å². The molecular formula is C14H25ClN4. The molecule has 1 saturated carbocycles. The molecule has 5 heteroatoms. The summed E-state index contributed by atoms with van der Waals surface area (Å²) in [6, 6.07) is 0.596. The Bertz CT molecular complexity index is 402. The Morgan fingerprint density at radius 2 is 1.95 bits per heavy atom. The topological polar surface area (TPSA) is 55.0 Å². The van der Waals surface area contributed by atoms with E-state index in [1.807, 2.05) is 20.0 Å². The third kappa shape index (κ3) is 3.80. The minimum atomic E-state index is -0.000892. The van der Waals surface area contributed by atoms with E-state index in [1.165, 1.54) is 32.1 Å². The van der Waals surface area contributed by atoms with E-state index < -0.39 is 0 Å². The molecule has 0 aliphatic heterocycles. The Hall–Kier alpha value is -0.870. The summed E-state index contributed by atoms with van der Waals surface area (Å²) >= 11 is 0. The van der Waals surface area contributed by atoms with Crippen molar-refractivity contribution in [1.82, 2.24) is 9.97 Å². The van der Waals surface area contributed by atoms with Gasteiger partial charge in [0.15, 0.2) is 0 Å². The first kappa shape index (κ1) is 16.2. The Morgan fingerprint density at radius 1 is 1.32 bits per heavy atom. The number of hydrogen-bond acceptors (Lipinski definition) is 4. The molecule has 1 heterocycles. The minimum Gasteiger partial charge on any atom is -0.341 e. The van der Waals surface area contributed by atoms with Crippen molar-refractivity contribution < 1.29 is 0 Å². The van der Waals surface area contributed by atoms with Gasteiger partial charge < -0.3 is 10.6 Å². The molecule has 1 aromatic heterocycles. The summed E-state index contributed by atoms with van der Waals surface area (Å²) in [5, 5.41) is 0. The maximum atomic E-state index is 5.89. The van der Waals surface area contributed by atoms with Gasteiger partial charge in [0.2, 0.25) is 5.95 Å². The second kappa shape index (κ2) is 7.06. The van der Waals surface area contributed by atoms with Gasteiger partial charge in [-0.15, -0.1) is 12.4 Å². The van der Waals surface area contributed by atoms with Crippen LogP contribution in [0.2, 0.25) is 0 Å². The molecule has 1 aromatic rings. The molecule has 1 aliphatic rings. The van der Waals surface area contributed by atoms with Crippen molar-refractivity contribution in [3.63, 3.8) is 0 Å². The molecule has 1 aliphatic carbocycles. The van der Waals surface area contributed by atoms with Gasteiger partial charge in [-0.3, -0.25) is 0 Å². The predicted octanol–water partition coefficient (Wildman–Crippen LogP) is 3.00. The highest BCUT2D eigenvalue weighted by atomic mass is 35.5. The average Bonchev–Trinajstić information content (AvgIpc) is 2.38. The molecule has 108 valence electrons. The van der Waals surface area contributed by atoms with Crippen molar-refractivity contribution in [2.75, 3.05) is 11.9 Å². The van der Waals surface area contributed by atoms with Gasteiger partial charge in [-0.1, -0.05) is 19.3 Å². The van der Waals surface area contributed by atoms with Crippen molar-refractivity contribution >= 4 is 18.4 Å². The van der Waals surface area contributed by atoms with Gasteiger partial charge in [0.1, 0.15) is 0 Å². The standard InChI is InChI=1S/C14H24N4.ClH/c1-10(15)13-9-16-14(17-11(13)2)18(3)12-7-5-4-6-8-12;/h9-10,12H,4-8,15H2,1-3H3;1H. The molecule has 2 rings (SSSR count). The highest BCUT2D eigenvalue weighted by Crippen LogP contribution is 2.24. The summed E-state index contributed by atoms with van der Waals surface area (Å²) in [5.41, 5.74) is 7.93. The number of rotatable bonds is 3. The van der Waals surface area contributed by atoms with Gasteiger partial charge in [0, 0.05) is 36.6 Å². The van der Waals surface area contributed by atoms with Crippen LogP contribution in [0.4, 0.5) is 5.95 Å². The second-order valence-corrected chi connectivity index (χ2v) is 5.40. The lowest BCUT2D eigenvalue weighted by Gasteiger charge is -2.31. The average molecular weight is 285 g/mol. The molecule has 2 N–H and O–H groups in total. The molecule has 19 heavy (non-hydrogen) atoms. The zero-order chi connectivity index (χ0) is 13.1. The zero-order valence-electron chi connectivity index (χ0n) is 12.1. The Labute approximate surface area is 122 Å². The van der Waals surface area contributed by atoms with Gasteiger partial charge in [0.25, 0.3) is 0 Å². The third-order valence-electron chi connectivity index (χ3n) is 3.93. The lowest BCUT2D eigenvalue weighted by atomic mass is 9.95. The monoisotopic (exact) mass is 284 g/mol. The van der Waals surface area contributed by atoms with E-state index in [-0.39, 0.29) is 18.4 Å². The summed E-state index contributed by atoms with van der Waals surface area (Å²) in [7, 11) is 2.11. The Balaban J connectivity index is 0.00000180. The quantitative estimate of drug-likeness (QED) is 0.927. The van der Waals surface area contributed by atoms with E-state index in [2.05, 4.69) is 21.9 Å². The zero-order valence-corrected chi connectivity index (χ0v) is 12.9. The SMILES string of the molecule is Cc1nc(N(C)C2CCCCC2)ncc1C(C)N.Cl. The number of hydrogen-bond donors (Lipinski definition) is 1. The summed E-state index contributed by atoms with van der Waals surface area (Å²) in [6.45, 7) is 3.98. The number of nitrogens with zero attached hydrogens (tertiary/aromatic N) is 3. The maximum Gasteiger partial charge on any atom is 0.225 e. The first-order chi connectivity index (χ1) is 8.59. The van der Waals surface area contributed by atoms with Crippen LogP contribution in [-0.4, -0.2) is 23.1 Å². The van der Waals surface area contributed by atoms with Gasteiger partial charge >= 0.3 is 0 Å². The van der Waals surface area contributed by atoms with Crippen molar-refractivity contribution in [3.05, 3.63) is 17.5 Å². The largest absolute Gasteiger partial charge is 0.341 e. The van der Waals surface area contributed by atoms with Crippen molar-refractivity contribution in [3.8, 4) is 0 Å². The van der Waals surface area contributed by atoms with Crippen LogP contribution in [-0.2, 0) is 0 Å². The number of aromatic nitrogens is 2. The van der Waals surface area contributed by atoms with E-state index in [1.54, 1.807) is 0 Å². The van der Waals surface area contributed by atoms with Gasteiger partial charge in [-0.05, 0) is 26.7 Å². The molecule has 1 fully saturated rings. The number of anilines is 1. The fourth-order valence-electron chi connectivity index (χ4n) is 2.71. The molecule has 1 atom stereocenters. The molecule has 1 unspecified atom stereocenters. The van der Waals surface area contributed by atoms with Gasteiger partial charge in [-0.25, -0.2) is 9.97 Å². The van der Waals surface area contributed by atoms with E-state index in [4.69, 9.17) is 5.73 Å². The van der Waals surface area contributed by atoms with Crippen LogP contribution in [0.1, 0.15) is 56.3 Å². The van der Waals surface area contributed by atoms with Crippen LogP contribution in [0, 0.1) is 6.92 Å². The Morgan fingerprint density at radius 3 is 2.47 bits per heavy atom. The minimum absolute atomic E-state index is 0. The molecule has 0 saturated heterocycles. The maximum absolute atomic E-state index is 5.89. The van der Waals surface area contributed by atoms with Gasteiger partial charge in [0.05, 0.1) is 0 Å². The highest BCUT2D eigenvalue weighted by Gasteiger charge is 2.20. The molecule has 0 aromatic carbocycles. The van der Waals surface area contributed by atoms with E-state index in [0.717, 1.165) is 17.2 Å². The fraction of sp³-hybridized carbons (Fsp3) is 0.714. The molecule has 0 amide bonds. The summed E-state index contributed by atoms with van der Waals surface area (Å²) in [4.78, 5) is 11.3. The van der Waals surface area contributed by atoms with E-state index >= 15 is 0 Å². The number of nitrogens with two attached hydrogens (primary N) is 1. The normalized spacial score (nSPS) is 17.7. The number of halogens is 1. The van der Waals surface area contributed by atoms with Crippen LogP contribution in [0.3, 0.4) is 0 Å². The summed E-state index contributed by atoms with van der Waals surface area (Å²) < 4.78 is 0.